The van der Waals surface area contributed by atoms with Gasteiger partial charge in [0.1, 0.15) is 5.82 Å². The van der Waals surface area contributed by atoms with Gasteiger partial charge >= 0.3 is 0 Å². The lowest BCUT2D eigenvalue weighted by atomic mass is 10.2. The van der Waals surface area contributed by atoms with Crippen molar-refractivity contribution in [2.24, 2.45) is 10.9 Å². The zero-order valence-electron chi connectivity index (χ0n) is 12.4. The van der Waals surface area contributed by atoms with Crippen LogP contribution in [0, 0.1) is 25.6 Å². The van der Waals surface area contributed by atoms with Crippen LogP contribution in [0.15, 0.2) is 27.7 Å². The molecular formula is C16H16BrFN2OS. The van der Waals surface area contributed by atoms with E-state index in [9.17, 15) is 9.18 Å². The van der Waals surface area contributed by atoms with E-state index in [-0.39, 0.29) is 5.56 Å². The number of halogens is 2. The molecule has 1 aliphatic rings. The van der Waals surface area contributed by atoms with Gasteiger partial charge in [-0.3, -0.25) is 4.79 Å². The fraction of sp³-hybridized carbons (Fsp3) is 0.375. The topological polar surface area (TPSA) is 34.4 Å². The Labute approximate surface area is 140 Å². The number of carbonyl (C=O) groups is 1. The molecule has 1 saturated carbocycles. The van der Waals surface area contributed by atoms with Gasteiger partial charge < -0.3 is 4.57 Å². The largest absolute Gasteiger partial charge is 0.320 e. The Bertz CT molecular complexity index is 805. The number of amides is 1. The molecule has 1 fully saturated rings. The molecule has 3 rings (SSSR count). The first-order valence-corrected chi connectivity index (χ1v) is 8.77. The van der Waals surface area contributed by atoms with Crippen molar-refractivity contribution in [3.05, 3.63) is 49.4 Å². The van der Waals surface area contributed by atoms with Gasteiger partial charge in [-0.15, -0.1) is 11.3 Å². The van der Waals surface area contributed by atoms with Gasteiger partial charge in [0, 0.05) is 21.6 Å². The van der Waals surface area contributed by atoms with E-state index in [1.54, 1.807) is 6.07 Å². The van der Waals surface area contributed by atoms with Crippen molar-refractivity contribution >= 4 is 33.2 Å². The molecular weight excluding hydrogens is 367 g/mol. The van der Waals surface area contributed by atoms with E-state index in [1.165, 1.54) is 36.3 Å². The number of nitrogens with zero attached hydrogens (tertiary/aromatic N) is 2. The summed E-state index contributed by atoms with van der Waals surface area (Å²) in [4.78, 5) is 18.3. The van der Waals surface area contributed by atoms with Crippen LogP contribution in [0.2, 0.25) is 0 Å². The van der Waals surface area contributed by atoms with Gasteiger partial charge in [0.25, 0.3) is 5.91 Å². The Morgan fingerprint density at radius 2 is 2.18 bits per heavy atom. The Morgan fingerprint density at radius 1 is 1.45 bits per heavy atom. The highest BCUT2D eigenvalue weighted by molar-refractivity contribution is 9.10. The van der Waals surface area contributed by atoms with E-state index in [0.29, 0.717) is 15.2 Å². The highest BCUT2D eigenvalue weighted by Gasteiger charge is 2.23. The fourth-order valence-corrected chi connectivity index (χ4v) is 3.58. The molecule has 0 N–H and O–H groups in total. The van der Waals surface area contributed by atoms with Crippen molar-refractivity contribution in [3.8, 4) is 0 Å². The maximum Gasteiger partial charge on any atom is 0.282 e. The van der Waals surface area contributed by atoms with Crippen LogP contribution < -0.4 is 4.80 Å². The molecule has 0 spiro atoms. The summed E-state index contributed by atoms with van der Waals surface area (Å²) in [6.45, 7) is 4.95. The van der Waals surface area contributed by atoms with Crippen LogP contribution in [0.3, 0.4) is 0 Å². The molecule has 6 heteroatoms. The monoisotopic (exact) mass is 382 g/mol. The minimum atomic E-state index is -0.554. The lowest BCUT2D eigenvalue weighted by Crippen LogP contribution is -2.19. The van der Waals surface area contributed by atoms with Crippen molar-refractivity contribution in [2.45, 2.75) is 33.2 Å². The third kappa shape index (κ3) is 3.22. The number of aromatic nitrogens is 1. The number of hydrogen-bond donors (Lipinski definition) is 0. The summed E-state index contributed by atoms with van der Waals surface area (Å²) in [7, 11) is 0. The number of carbonyl (C=O) groups excluding carboxylic acids is 1. The van der Waals surface area contributed by atoms with Gasteiger partial charge in [-0.05, 0) is 50.8 Å². The smallest absolute Gasteiger partial charge is 0.282 e. The zero-order chi connectivity index (χ0) is 15.9. The van der Waals surface area contributed by atoms with Crippen LogP contribution in [-0.2, 0) is 6.54 Å². The molecule has 116 valence electrons. The Balaban J connectivity index is 2.00. The highest BCUT2D eigenvalue weighted by atomic mass is 79.9. The SMILES string of the molecule is Cc1s/c(=N\C(=O)c2ccc(Br)cc2F)n(CC2CC2)c1C. The second kappa shape index (κ2) is 6.08. The number of benzene rings is 1. The van der Waals surface area contributed by atoms with E-state index >= 15 is 0 Å². The molecule has 0 bridgehead atoms. The van der Waals surface area contributed by atoms with Gasteiger partial charge in [0.15, 0.2) is 4.80 Å². The molecule has 1 aliphatic carbocycles. The summed E-state index contributed by atoms with van der Waals surface area (Å²) in [5.74, 6) is -0.399. The van der Waals surface area contributed by atoms with E-state index in [1.807, 2.05) is 13.8 Å². The molecule has 0 saturated heterocycles. The van der Waals surface area contributed by atoms with Crippen molar-refractivity contribution in [1.29, 1.82) is 0 Å². The average Bonchev–Trinajstić information content (AvgIpc) is 3.22. The summed E-state index contributed by atoms with van der Waals surface area (Å²) >= 11 is 4.67. The van der Waals surface area contributed by atoms with Gasteiger partial charge in [0.2, 0.25) is 0 Å². The quantitative estimate of drug-likeness (QED) is 0.782. The molecule has 22 heavy (non-hydrogen) atoms. The van der Waals surface area contributed by atoms with E-state index < -0.39 is 11.7 Å². The van der Waals surface area contributed by atoms with Gasteiger partial charge in [-0.1, -0.05) is 15.9 Å². The van der Waals surface area contributed by atoms with Crippen LogP contribution in [0.5, 0.6) is 0 Å². The Hall–Kier alpha value is -1.27. The predicted octanol–water partition coefficient (Wildman–Crippen LogP) is 4.22. The third-order valence-electron chi connectivity index (χ3n) is 3.89. The number of rotatable bonds is 3. The lowest BCUT2D eigenvalue weighted by Gasteiger charge is -2.04. The maximum atomic E-state index is 13.9. The molecule has 3 nitrogen and oxygen atoms in total. The fourth-order valence-electron chi connectivity index (χ4n) is 2.27. The number of aryl methyl sites for hydroxylation is 1. The molecule has 0 aliphatic heterocycles. The van der Waals surface area contributed by atoms with E-state index in [4.69, 9.17) is 0 Å². The van der Waals surface area contributed by atoms with Crippen molar-refractivity contribution in [3.63, 3.8) is 0 Å². The van der Waals surface area contributed by atoms with Crippen LogP contribution in [0.4, 0.5) is 4.39 Å². The summed E-state index contributed by atoms with van der Waals surface area (Å²) < 4.78 is 16.6. The average molecular weight is 383 g/mol. The van der Waals surface area contributed by atoms with E-state index in [2.05, 4.69) is 25.5 Å². The molecule has 0 unspecified atom stereocenters. The molecule has 1 aromatic carbocycles. The van der Waals surface area contributed by atoms with Gasteiger partial charge in [-0.25, -0.2) is 4.39 Å². The molecule has 0 atom stereocenters. The molecule has 1 amide bonds. The Morgan fingerprint density at radius 3 is 2.82 bits per heavy atom. The van der Waals surface area contributed by atoms with Crippen LogP contribution in [0.25, 0.3) is 0 Å². The summed E-state index contributed by atoms with van der Waals surface area (Å²) in [6, 6.07) is 4.39. The molecule has 1 heterocycles. The summed E-state index contributed by atoms with van der Waals surface area (Å²) in [5.41, 5.74) is 1.14. The molecule has 2 aromatic rings. The van der Waals surface area contributed by atoms with Crippen LogP contribution in [0.1, 0.15) is 33.8 Å². The molecule has 1 aromatic heterocycles. The Kier molecular flexibility index (Phi) is 4.32. The van der Waals surface area contributed by atoms with Crippen molar-refractivity contribution < 1.29 is 9.18 Å². The van der Waals surface area contributed by atoms with E-state index in [0.717, 1.165) is 17.1 Å². The zero-order valence-corrected chi connectivity index (χ0v) is 14.8. The van der Waals surface area contributed by atoms with Crippen molar-refractivity contribution in [1.82, 2.24) is 4.57 Å². The predicted molar refractivity (Wildman–Crippen MR) is 88.5 cm³/mol. The van der Waals surface area contributed by atoms with Crippen LogP contribution >= 0.6 is 27.3 Å². The normalized spacial score (nSPS) is 15.4. The van der Waals surface area contributed by atoms with Gasteiger partial charge in [-0.2, -0.15) is 4.99 Å². The number of hydrogen-bond acceptors (Lipinski definition) is 2. The number of thiazole rings is 1. The third-order valence-corrected chi connectivity index (χ3v) is 5.48. The minimum absolute atomic E-state index is 0.00452. The van der Waals surface area contributed by atoms with Crippen molar-refractivity contribution in [2.75, 3.05) is 0 Å². The molecule has 0 radical (unpaired) electrons. The maximum absolute atomic E-state index is 13.9. The van der Waals surface area contributed by atoms with Crippen LogP contribution in [-0.4, -0.2) is 10.5 Å². The second-order valence-electron chi connectivity index (χ2n) is 5.62. The standard InChI is InChI=1S/C16H16BrFN2OS/c1-9-10(2)22-16(20(9)8-11-3-4-11)19-15(21)13-6-5-12(17)7-14(13)18/h5-7,11H,3-4,8H2,1-2H3/b19-16-. The lowest BCUT2D eigenvalue weighted by molar-refractivity contribution is 0.0994. The first-order chi connectivity index (χ1) is 10.5. The first kappa shape index (κ1) is 15.6. The highest BCUT2D eigenvalue weighted by Crippen LogP contribution is 2.31. The first-order valence-electron chi connectivity index (χ1n) is 7.16. The van der Waals surface area contributed by atoms with Gasteiger partial charge in [0.05, 0.1) is 5.56 Å². The summed E-state index contributed by atoms with van der Waals surface area (Å²) in [6.07, 6.45) is 2.46. The minimum Gasteiger partial charge on any atom is -0.320 e. The summed E-state index contributed by atoms with van der Waals surface area (Å²) in [5, 5.41) is 0. The second-order valence-corrected chi connectivity index (χ2v) is 7.72.